The van der Waals surface area contributed by atoms with E-state index in [1.807, 2.05) is 0 Å². The van der Waals surface area contributed by atoms with Crippen LogP contribution < -0.4 is 0 Å². The Morgan fingerprint density at radius 1 is 1.00 bits per heavy atom. The van der Waals surface area contributed by atoms with Gasteiger partial charge in [0.1, 0.15) is 0 Å². The largest absolute Gasteiger partial charge is 0.289 e. The maximum absolute atomic E-state index is 6.46. The molecule has 0 aromatic heterocycles. The number of halogens is 3. The summed E-state index contributed by atoms with van der Waals surface area (Å²) in [6.45, 7) is 0.824. The quantitative estimate of drug-likeness (QED) is 0.574. The van der Waals surface area contributed by atoms with E-state index >= 15 is 0 Å². The molecular formula is C9H12Cl3N. The normalized spacial score (nSPS) is 37.9. The van der Waals surface area contributed by atoms with Gasteiger partial charge in [0.05, 0.1) is 10.6 Å². The molecule has 1 aliphatic carbocycles. The van der Waals surface area contributed by atoms with Gasteiger partial charge in [-0.3, -0.25) is 4.99 Å². The smallest absolute Gasteiger partial charge is 0.157 e. The third-order valence-electron chi connectivity index (χ3n) is 2.84. The Labute approximate surface area is 93.5 Å². The number of rotatable bonds is 0. The Morgan fingerprint density at radius 2 is 1.69 bits per heavy atom. The number of nitrogens with zero attached hydrogens (tertiary/aromatic N) is 1. The fourth-order valence-corrected chi connectivity index (χ4v) is 3.54. The first-order valence-electron chi connectivity index (χ1n) is 4.67. The SMILES string of the molecule is ClC1(Cl)CCCC2(Cl)CCCN=C12. The van der Waals surface area contributed by atoms with Crippen molar-refractivity contribution in [3.63, 3.8) is 0 Å². The molecule has 13 heavy (non-hydrogen) atoms. The summed E-state index contributed by atoms with van der Waals surface area (Å²) in [6, 6.07) is 0. The third kappa shape index (κ3) is 1.71. The van der Waals surface area contributed by atoms with Crippen LogP contribution >= 0.6 is 34.8 Å². The molecule has 0 N–H and O–H groups in total. The zero-order valence-electron chi connectivity index (χ0n) is 7.32. The summed E-state index contributed by atoms with van der Waals surface area (Å²) in [5, 5.41) is 0. The molecule has 74 valence electrons. The van der Waals surface area contributed by atoms with Crippen LogP contribution in [-0.4, -0.2) is 21.5 Å². The summed E-state index contributed by atoms with van der Waals surface area (Å²) in [7, 11) is 0. The molecule has 0 saturated heterocycles. The maximum atomic E-state index is 6.46. The van der Waals surface area contributed by atoms with Crippen LogP contribution in [-0.2, 0) is 0 Å². The van der Waals surface area contributed by atoms with E-state index < -0.39 is 4.33 Å². The Bertz CT molecular complexity index is 249. The fraction of sp³-hybridized carbons (Fsp3) is 0.889. The van der Waals surface area contributed by atoms with Crippen molar-refractivity contribution < 1.29 is 0 Å². The monoisotopic (exact) mass is 239 g/mol. The molecule has 0 spiro atoms. The zero-order chi connectivity index (χ0) is 9.53. The van der Waals surface area contributed by atoms with E-state index in [-0.39, 0.29) is 4.87 Å². The summed E-state index contributed by atoms with van der Waals surface area (Å²) in [5.41, 5.74) is 0.822. The summed E-state index contributed by atoms with van der Waals surface area (Å²) < 4.78 is -0.805. The second kappa shape index (κ2) is 3.29. The average Bonchev–Trinajstić information content (AvgIpc) is 2.02. The highest BCUT2D eigenvalue weighted by atomic mass is 35.5. The molecule has 0 amide bonds. The highest BCUT2D eigenvalue weighted by Crippen LogP contribution is 2.47. The maximum Gasteiger partial charge on any atom is 0.157 e. The molecule has 1 aliphatic heterocycles. The highest BCUT2D eigenvalue weighted by Gasteiger charge is 2.49. The fourth-order valence-electron chi connectivity index (χ4n) is 2.21. The van der Waals surface area contributed by atoms with Crippen molar-refractivity contribution in [3.05, 3.63) is 0 Å². The molecule has 1 saturated carbocycles. The van der Waals surface area contributed by atoms with Crippen molar-refractivity contribution in [2.75, 3.05) is 6.54 Å². The van der Waals surface area contributed by atoms with E-state index in [4.69, 9.17) is 34.8 Å². The molecule has 1 nitrogen and oxygen atoms in total. The van der Waals surface area contributed by atoms with Crippen molar-refractivity contribution in [2.45, 2.75) is 41.3 Å². The van der Waals surface area contributed by atoms with Crippen molar-refractivity contribution in [1.29, 1.82) is 0 Å². The first-order chi connectivity index (χ1) is 6.05. The van der Waals surface area contributed by atoms with E-state index in [9.17, 15) is 0 Å². The Kier molecular flexibility index (Phi) is 2.55. The lowest BCUT2D eigenvalue weighted by Crippen LogP contribution is -2.49. The minimum absolute atomic E-state index is 0.333. The molecule has 0 bridgehead atoms. The van der Waals surface area contributed by atoms with Gasteiger partial charge in [-0.25, -0.2) is 0 Å². The molecule has 0 aromatic carbocycles. The predicted molar refractivity (Wildman–Crippen MR) is 58.4 cm³/mol. The van der Waals surface area contributed by atoms with Gasteiger partial charge in [0.15, 0.2) is 4.33 Å². The molecule has 2 rings (SSSR count). The first-order valence-corrected chi connectivity index (χ1v) is 5.80. The number of alkyl halides is 3. The van der Waals surface area contributed by atoms with Gasteiger partial charge in [0, 0.05) is 6.54 Å². The lowest BCUT2D eigenvalue weighted by Gasteiger charge is -2.41. The summed E-state index contributed by atoms with van der Waals surface area (Å²) in [5.74, 6) is 0. The number of aliphatic imine (C=N–C) groups is 1. The van der Waals surface area contributed by atoms with Crippen molar-refractivity contribution in [2.24, 2.45) is 4.99 Å². The van der Waals surface area contributed by atoms with Gasteiger partial charge >= 0.3 is 0 Å². The van der Waals surface area contributed by atoms with Gasteiger partial charge in [-0.2, -0.15) is 0 Å². The Morgan fingerprint density at radius 3 is 2.38 bits per heavy atom. The average molecular weight is 241 g/mol. The lowest BCUT2D eigenvalue weighted by molar-refractivity contribution is 0.484. The van der Waals surface area contributed by atoms with E-state index in [0.717, 1.165) is 44.4 Å². The van der Waals surface area contributed by atoms with Crippen LogP contribution in [0.25, 0.3) is 0 Å². The number of fused-ring (bicyclic) bond motifs is 1. The Balaban J connectivity index is 2.36. The number of hydrogen-bond acceptors (Lipinski definition) is 1. The molecule has 0 aromatic rings. The predicted octanol–water partition coefficient (Wildman–Crippen LogP) is 3.56. The van der Waals surface area contributed by atoms with E-state index in [1.165, 1.54) is 0 Å². The van der Waals surface area contributed by atoms with E-state index in [0.29, 0.717) is 0 Å². The van der Waals surface area contributed by atoms with Gasteiger partial charge in [0.25, 0.3) is 0 Å². The summed E-state index contributed by atoms with van der Waals surface area (Å²) >= 11 is 18.8. The van der Waals surface area contributed by atoms with Crippen LogP contribution in [0.5, 0.6) is 0 Å². The van der Waals surface area contributed by atoms with Gasteiger partial charge in [0.2, 0.25) is 0 Å². The van der Waals surface area contributed by atoms with Crippen molar-refractivity contribution in [3.8, 4) is 0 Å². The highest BCUT2D eigenvalue weighted by molar-refractivity contribution is 6.62. The molecule has 4 heteroatoms. The van der Waals surface area contributed by atoms with Crippen LogP contribution in [0, 0.1) is 0 Å². The topological polar surface area (TPSA) is 12.4 Å². The van der Waals surface area contributed by atoms with Crippen LogP contribution in [0.2, 0.25) is 0 Å². The first kappa shape index (κ1) is 10.1. The molecule has 1 fully saturated rings. The second-order valence-electron chi connectivity index (χ2n) is 3.86. The van der Waals surface area contributed by atoms with Crippen molar-refractivity contribution in [1.82, 2.24) is 0 Å². The van der Waals surface area contributed by atoms with Crippen LogP contribution in [0.1, 0.15) is 32.1 Å². The molecule has 1 atom stereocenters. The van der Waals surface area contributed by atoms with Crippen LogP contribution in [0.4, 0.5) is 0 Å². The lowest BCUT2D eigenvalue weighted by atomic mass is 9.81. The molecule has 1 unspecified atom stereocenters. The summed E-state index contributed by atoms with van der Waals surface area (Å²) in [6.07, 6.45) is 4.76. The number of hydrogen-bond donors (Lipinski definition) is 0. The molecule has 1 heterocycles. The second-order valence-corrected chi connectivity index (χ2v) is 6.06. The van der Waals surface area contributed by atoms with Gasteiger partial charge in [-0.15, -0.1) is 11.6 Å². The Hall–Kier alpha value is 0.540. The minimum atomic E-state index is -0.805. The minimum Gasteiger partial charge on any atom is -0.289 e. The van der Waals surface area contributed by atoms with Crippen LogP contribution in [0.15, 0.2) is 4.99 Å². The van der Waals surface area contributed by atoms with Crippen molar-refractivity contribution >= 4 is 40.5 Å². The van der Waals surface area contributed by atoms with Gasteiger partial charge in [-0.05, 0) is 32.1 Å². The summed E-state index contributed by atoms with van der Waals surface area (Å²) in [4.78, 5) is 4.06. The zero-order valence-corrected chi connectivity index (χ0v) is 9.59. The molecule has 2 aliphatic rings. The molecular weight excluding hydrogens is 228 g/mol. The molecule has 0 radical (unpaired) electrons. The van der Waals surface area contributed by atoms with Crippen LogP contribution in [0.3, 0.4) is 0 Å². The van der Waals surface area contributed by atoms with E-state index in [2.05, 4.69) is 4.99 Å². The van der Waals surface area contributed by atoms with Gasteiger partial charge < -0.3 is 0 Å². The standard InChI is InChI=1S/C9H12Cl3N/c10-8-3-1-5-9(11,12)7(8)13-6-2-4-8/h1-6H2. The van der Waals surface area contributed by atoms with E-state index in [1.54, 1.807) is 0 Å². The van der Waals surface area contributed by atoms with Gasteiger partial charge in [-0.1, -0.05) is 23.2 Å². The third-order valence-corrected chi connectivity index (χ3v) is 4.13.